The molecule has 5 nitrogen and oxygen atoms in total. The summed E-state index contributed by atoms with van der Waals surface area (Å²) in [4.78, 5) is 24.6. The minimum atomic E-state index is -0.836. The number of carbonyl (C=O) groups excluding carboxylic acids is 1. The van der Waals surface area contributed by atoms with E-state index in [9.17, 15) is 14.0 Å². The number of aromatic nitrogens is 2. The van der Waals surface area contributed by atoms with Crippen LogP contribution < -0.4 is 10.7 Å². The van der Waals surface area contributed by atoms with Crippen LogP contribution in [0, 0.1) is 12.7 Å². The van der Waals surface area contributed by atoms with Gasteiger partial charge in [-0.25, -0.2) is 9.07 Å². The molecule has 1 aromatic heterocycles. The summed E-state index contributed by atoms with van der Waals surface area (Å²) in [6.07, 6.45) is 0. The molecule has 1 amide bonds. The van der Waals surface area contributed by atoms with Gasteiger partial charge in [-0.05, 0) is 37.3 Å². The van der Waals surface area contributed by atoms with E-state index >= 15 is 0 Å². The van der Waals surface area contributed by atoms with Crippen LogP contribution in [0.1, 0.15) is 16.2 Å². The number of halogens is 3. The highest BCUT2D eigenvalue weighted by Crippen LogP contribution is 2.21. The zero-order chi connectivity index (χ0) is 18.8. The number of anilines is 1. The fourth-order valence-electron chi connectivity index (χ4n) is 2.34. The van der Waals surface area contributed by atoms with Gasteiger partial charge in [0.25, 0.3) is 5.91 Å². The molecule has 8 heteroatoms. The maximum atomic E-state index is 13.9. The Hall–Kier alpha value is -2.70. The maximum absolute atomic E-state index is 13.9. The quantitative estimate of drug-likeness (QED) is 0.725. The largest absolute Gasteiger partial charge is 0.318 e. The highest BCUT2D eigenvalue weighted by molar-refractivity contribution is 6.32. The van der Waals surface area contributed by atoms with Crippen molar-refractivity contribution in [2.45, 2.75) is 6.92 Å². The number of hydrogen-bond donors (Lipinski definition) is 1. The minimum Gasteiger partial charge on any atom is -0.318 e. The number of carbonyl (C=O) groups is 1. The van der Waals surface area contributed by atoms with Crippen molar-refractivity contribution < 1.29 is 9.18 Å². The Bertz CT molecular complexity index is 1070. The Kier molecular flexibility index (Phi) is 5.06. The first kappa shape index (κ1) is 18.1. The first-order valence-corrected chi connectivity index (χ1v) is 8.24. The van der Waals surface area contributed by atoms with Crippen molar-refractivity contribution in [3.05, 3.63) is 86.0 Å². The van der Waals surface area contributed by atoms with Crippen LogP contribution in [0.15, 0.2) is 53.3 Å². The van der Waals surface area contributed by atoms with E-state index in [1.54, 1.807) is 31.2 Å². The second-order valence-corrected chi connectivity index (χ2v) is 6.28. The molecule has 0 atom stereocenters. The summed E-state index contributed by atoms with van der Waals surface area (Å²) in [7, 11) is 0. The van der Waals surface area contributed by atoms with E-state index in [0.717, 1.165) is 6.07 Å². The molecule has 3 aromatic rings. The third-order valence-corrected chi connectivity index (χ3v) is 4.14. The number of rotatable bonds is 3. The van der Waals surface area contributed by atoms with Crippen LogP contribution in [0.5, 0.6) is 0 Å². The molecular formula is C18H12Cl2FN3O2. The van der Waals surface area contributed by atoms with Crippen LogP contribution in [-0.2, 0) is 0 Å². The summed E-state index contributed by atoms with van der Waals surface area (Å²) >= 11 is 11.9. The smallest absolute Gasteiger partial charge is 0.280 e. The van der Waals surface area contributed by atoms with Crippen LogP contribution in [0.25, 0.3) is 5.69 Å². The van der Waals surface area contributed by atoms with E-state index in [1.165, 1.54) is 22.9 Å². The predicted octanol–water partition coefficient (Wildman–Crippen LogP) is 4.24. The monoisotopic (exact) mass is 391 g/mol. The third kappa shape index (κ3) is 3.61. The summed E-state index contributed by atoms with van der Waals surface area (Å²) < 4.78 is 15.3. The van der Waals surface area contributed by atoms with E-state index < -0.39 is 17.2 Å². The summed E-state index contributed by atoms with van der Waals surface area (Å²) in [6, 6.07) is 11.9. The predicted molar refractivity (Wildman–Crippen MR) is 98.9 cm³/mol. The lowest BCUT2D eigenvalue weighted by molar-refractivity contribution is 0.101. The topological polar surface area (TPSA) is 64.0 Å². The van der Waals surface area contributed by atoms with Crippen LogP contribution in [0.3, 0.4) is 0 Å². The molecule has 0 aliphatic rings. The van der Waals surface area contributed by atoms with Crippen molar-refractivity contribution in [2.75, 3.05) is 5.32 Å². The van der Waals surface area contributed by atoms with Gasteiger partial charge in [0.05, 0.1) is 16.4 Å². The van der Waals surface area contributed by atoms with Gasteiger partial charge in [0.15, 0.2) is 5.69 Å². The highest BCUT2D eigenvalue weighted by atomic mass is 35.5. The van der Waals surface area contributed by atoms with Crippen LogP contribution in [0.4, 0.5) is 10.1 Å². The molecule has 0 fully saturated rings. The number of hydrogen-bond acceptors (Lipinski definition) is 3. The molecule has 0 spiro atoms. The highest BCUT2D eigenvalue weighted by Gasteiger charge is 2.17. The first-order valence-electron chi connectivity index (χ1n) is 7.49. The Labute approximate surface area is 158 Å². The van der Waals surface area contributed by atoms with Gasteiger partial charge in [0, 0.05) is 16.8 Å². The van der Waals surface area contributed by atoms with Gasteiger partial charge < -0.3 is 5.32 Å². The van der Waals surface area contributed by atoms with Gasteiger partial charge in [-0.15, -0.1) is 0 Å². The van der Waals surface area contributed by atoms with Crippen LogP contribution in [0.2, 0.25) is 10.0 Å². The molecule has 0 bridgehead atoms. The first-order chi connectivity index (χ1) is 12.4. The van der Waals surface area contributed by atoms with Gasteiger partial charge >= 0.3 is 0 Å². The van der Waals surface area contributed by atoms with Crippen molar-refractivity contribution >= 4 is 34.8 Å². The third-order valence-electron chi connectivity index (χ3n) is 3.58. The van der Waals surface area contributed by atoms with E-state index in [2.05, 4.69) is 10.4 Å². The molecule has 26 heavy (non-hydrogen) atoms. The normalized spacial score (nSPS) is 10.6. The number of para-hydroxylation sites is 1. The average molecular weight is 392 g/mol. The fourth-order valence-corrected chi connectivity index (χ4v) is 2.72. The number of nitrogens with one attached hydrogen (secondary N) is 1. The number of benzene rings is 2. The summed E-state index contributed by atoms with van der Waals surface area (Å²) in [6.45, 7) is 1.66. The van der Waals surface area contributed by atoms with E-state index in [1.807, 2.05) is 0 Å². The number of nitrogens with zero attached hydrogens (tertiary/aromatic N) is 2. The zero-order valence-electron chi connectivity index (χ0n) is 13.5. The van der Waals surface area contributed by atoms with Crippen molar-refractivity contribution in [1.29, 1.82) is 0 Å². The second-order valence-electron chi connectivity index (χ2n) is 5.44. The molecular weight excluding hydrogens is 380 g/mol. The SMILES string of the molecule is Cc1cc(=O)c(C(=O)Nc2ccc(Cl)cc2F)nn1-c1ccccc1Cl. The molecule has 0 unspecified atom stereocenters. The van der Waals surface area contributed by atoms with Gasteiger partial charge in [-0.1, -0.05) is 35.3 Å². The Balaban J connectivity index is 2.02. The van der Waals surface area contributed by atoms with Gasteiger partial charge in [-0.2, -0.15) is 5.10 Å². The Morgan fingerprint density at radius 3 is 2.58 bits per heavy atom. The van der Waals surface area contributed by atoms with E-state index in [-0.39, 0.29) is 16.4 Å². The average Bonchev–Trinajstić information content (AvgIpc) is 2.58. The molecule has 132 valence electrons. The zero-order valence-corrected chi connectivity index (χ0v) is 15.0. The summed E-state index contributed by atoms with van der Waals surface area (Å²) in [5, 5.41) is 7.03. The van der Waals surface area contributed by atoms with Crippen molar-refractivity contribution in [3.8, 4) is 5.69 Å². The minimum absolute atomic E-state index is 0.106. The summed E-state index contributed by atoms with van der Waals surface area (Å²) in [5.41, 5.74) is -0.0660. The lowest BCUT2D eigenvalue weighted by Gasteiger charge is -2.12. The standard InChI is InChI=1S/C18H12Cl2FN3O2/c1-10-8-16(25)17(23-24(10)15-5-3-2-4-12(15)20)18(26)22-14-7-6-11(19)9-13(14)21/h2-9H,1H3,(H,22,26). The van der Waals surface area contributed by atoms with E-state index in [4.69, 9.17) is 23.2 Å². The van der Waals surface area contributed by atoms with Crippen LogP contribution >= 0.6 is 23.2 Å². The van der Waals surface area contributed by atoms with Crippen molar-refractivity contribution in [2.24, 2.45) is 0 Å². The molecule has 1 N–H and O–H groups in total. The Morgan fingerprint density at radius 1 is 1.15 bits per heavy atom. The van der Waals surface area contributed by atoms with E-state index in [0.29, 0.717) is 16.4 Å². The molecule has 0 saturated carbocycles. The molecule has 0 aliphatic heterocycles. The van der Waals surface area contributed by atoms with Crippen LogP contribution in [-0.4, -0.2) is 15.7 Å². The number of amides is 1. The molecule has 0 saturated heterocycles. The summed E-state index contributed by atoms with van der Waals surface area (Å²) in [5.74, 6) is -1.55. The molecule has 1 heterocycles. The van der Waals surface area contributed by atoms with Crippen molar-refractivity contribution in [1.82, 2.24) is 9.78 Å². The van der Waals surface area contributed by atoms with Crippen molar-refractivity contribution in [3.63, 3.8) is 0 Å². The van der Waals surface area contributed by atoms with Gasteiger partial charge in [0.2, 0.25) is 5.43 Å². The lowest BCUT2D eigenvalue weighted by Crippen LogP contribution is -2.27. The Morgan fingerprint density at radius 2 is 1.88 bits per heavy atom. The second kappa shape index (κ2) is 7.27. The molecule has 0 aliphatic carbocycles. The maximum Gasteiger partial charge on any atom is 0.280 e. The van der Waals surface area contributed by atoms with Gasteiger partial charge in [0.1, 0.15) is 5.82 Å². The number of aryl methyl sites for hydroxylation is 1. The molecule has 3 rings (SSSR count). The fraction of sp³-hybridized carbons (Fsp3) is 0.0556. The van der Waals surface area contributed by atoms with Gasteiger partial charge in [-0.3, -0.25) is 9.59 Å². The molecule has 0 radical (unpaired) electrons. The lowest BCUT2D eigenvalue weighted by atomic mass is 10.2. The molecule has 2 aromatic carbocycles.